The molecule has 2 heterocycles. The second-order valence-corrected chi connectivity index (χ2v) is 5.53. The van der Waals surface area contributed by atoms with Crippen molar-refractivity contribution in [1.82, 2.24) is 9.88 Å². The van der Waals surface area contributed by atoms with Crippen molar-refractivity contribution >= 4 is 28.7 Å². The average molecular weight is 317 g/mol. The van der Waals surface area contributed by atoms with E-state index in [-0.39, 0.29) is 12.2 Å². The maximum absolute atomic E-state index is 12.3. The predicted octanol–water partition coefficient (Wildman–Crippen LogP) is 2.31. The standard InChI is InChI=1S/C14H15N3OS.CO2/c1-11-10-19-13(15-11)17-8-7-16(14(17)18)9-12-5-3-2-4-6-12;2-1-3/h2-6,10H,7-9H2,1H3;. The molecule has 0 unspecified atom stereocenters. The van der Waals surface area contributed by atoms with Crippen LogP contribution in [0.3, 0.4) is 0 Å². The number of aromatic nitrogens is 1. The second kappa shape index (κ2) is 7.49. The van der Waals surface area contributed by atoms with Crippen molar-refractivity contribution in [3.63, 3.8) is 0 Å². The molecule has 1 fully saturated rings. The van der Waals surface area contributed by atoms with Crippen molar-refractivity contribution in [1.29, 1.82) is 0 Å². The third-order valence-corrected chi connectivity index (χ3v) is 4.13. The van der Waals surface area contributed by atoms with Gasteiger partial charge in [0.05, 0.1) is 5.69 Å². The van der Waals surface area contributed by atoms with E-state index in [1.54, 1.807) is 4.90 Å². The van der Waals surface area contributed by atoms with Crippen LogP contribution in [0, 0.1) is 6.92 Å². The fourth-order valence-electron chi connectivity index (χ4n) is 2.18. The molecule has 1 aliphatic heterocycles. The molecule has 0 radical (unpaired) electrons. The Kier molecular flexibility index (Phi) is 5.41. The molecule has 22 heavy (non-hydrogen) atoms. The molecule has 0 aliphatic carbocycles. The normalized spacial score (nSPS) is 13.6. The van der Waals surface area contributed by atoms with Gasteiger partial charge in [0, 0.05) is 25.0 Å². The van der Waals surface area contributed by atoms with E-state index in [2.05, 4.69) is 4.98 Å². The Labute approximate surface area is 132 Å². The van der Waals surface area contributed by atoms with Crippen LogP contribution in [0.4, 0.5) is 9.93 Å². The quantitative estimate of drug-likeness (QED) is 0.871. The van der Waals surface area contributed by atoms with E-state index in [1.807, 2.05) is 47.5 Å². The summed E-state index contributed by atoms with van der Waals surface area (Å²) in [6.07, 6.45) is 0.250. The number of nitrogens with zero attached hydrogens (tertiary/aromatic N) is 3. The molecule has 0 N–H and O–H groups in total. The van der Waals surface area contributed by atoms with E-state index in [0.29, 0.717) is 6.54 Å². The summed E-state index contributed by atoms with van der Waals surface area (Å²) < 4.78 is 0. The van der Waals surface area contributed by atoms with Crippen molar-refractivity contribution in [2.45, 2.75) is 13.5 Å². The summed E-state index contributed by atoms with van der Waals surface area (Å²) in [5.41, 5.74) is 2.13. The number of hydrogen-bond acceptors (Lipinski definition) is 5. The molecule has 114 valence electrons. The van der Waals surface area contributed by atoms with Gasteiger partial charge in [-0.15, -0.1) is 11.3 Å². The number of benzene rings is 1. The first-order valence-electron chi connectivity index (χ1n) is 6.67. The fraction of sp³-hybridized carbons (Fsp3) is 0.267. The van der Waals surface area contributed by atoms with Gasteiger partial charge in [-0.05, 0) is 12.5 Å². The van der Waals surface area contributed by atoms with E-state index in [0.717, 1.165) is 29.5 Å². The number of rotatable bonds is 3. The van der Waals surface area contributed by atoms with E-state index < -0.39 is 0 Å². The van der Waals surface area contributed by atoms with Crippen LogP contribution in [-0.4, -0.2) is 35.2 Å². The molecule has 0 atom stereocenters. The summed E-state index contributed by atoms with van der Waals surface area (Å²) in [5.74, 6) is 0. The van der Waals surface area contributed by atoms with Crippen molar-refractivity contribution in [3.8, 4) is 0 Å². The van der Waals surface area contributed by atoms with Gasteiger partial charge in [0.2, 0.25) is 0 Å². The Balaban J connectivity index is 0.000000545. The van der Waals surface area contributed by atoms with Crippen LogP contribution in [0.25, 0.3) is 0 Å². The van der Waals surface area contributed by atoms with E-state index in [1.165, 1.54) is 11.3 Å². The van der Waals surface area contributed by atoms with Crippen molar-refractivity contribution in [3.05, 3.63) is 47.0 Å². The van der Waals surface area contributed by atoms with Gasteiger partial charge in [-0.1, -0.05) is 30.3 Å². The van der Waals surface area contributed by atoms with Crippen LogP contribution < -0.4 is 4.90 Å². The fourth-order valence-corrected chi connectivity index (χ4v) is 3.00. The molecule has 1 aliphatic rings. The van der Waals surface area contributed by atoms with Crippen molar-refractivity contribution < 1.29 is 14.4 Å². The average Bonchev–Trinajstić information content (AvgIpc) is 3.08. The molecule has 1 aromatic heterocycles. The van der Waals surface area contributed by atoms with Gasteiger partial charge < -0.3 is 4.90 Å². The molecule has 3 rings (SSSR count). The number of aryl methyl sites for hydroxylation is 1. The smallest absolute Gasteiger partial charge is 0.318 e. The summed E-state index contributed by atoms with van der Waals surface area (Å²) in [7, 11) is 0. The molecule has 7 heteroatoms. The second-order valence-electron chi connectivity index (χ2n) is 4.70. The number of carbonyl (C=O) groups is 1. The molecule has 0 saturated carbocycles. The van der Waals surface area contributed by atoms with Crippen LogP contribution in [0.15, 0.2) is 35.7 Å². The number of thiazole rings is 1. The molecule has 0 spiro atoms. The minimum absolute atomic E-state index is 0.0539. The first kappa shape index (κ1) is 15.9. The lowest BCUT2D eigenvalue weighted by Crippen LogP contribution is -2.31. The number of urea groups is 1. The first-order chi connectivity index (χ1) is 10.7. The number of carbonyl (C=O) groups excluding carboxylic acids is 3. The summed E-state index contributed by atoms with van der Waals surface area (Å²) in [6.45, 7) is 4.09. The van der Waals surface area contributed by atoms with Crippen molar-refractivity contribution in [2.24, 2.45) is 0 Å². The zero-order chi connectivity index (χ0) is 15.9. The van der Waals surface area contributed by atoms with Crippen LogP contribution in [0.5, 0.6) is 0 Å². The van der Waals surface area contributed by atoms with E-state index in [9.17, 15) is 4.79 Å². The van der Waals surface area contributed by atoms with Gasteiger partial charge in [0.1, 0.15) is 0 Å². The predicted molar refractivity (Wildman–Crippen MR) is 81.5 cm³/mol. The molecule has 2 amide bonds. The molecular formula is C15H15N3O3S. The van der Waals surface area contributed by atoms with Crippen molar-refractivity contribution in [2.75, 3.05) is 18.0 Å². The maximum Gasteiger partial charge on any atom is 0.373 e. The van der Waals surface area contributed by atoms with Gasteiger partial charge in [-0.2, -0.15) is 9.59 Å². The molecule has 1 aromatic carbocycles. The van der Waals surface area contributed by atoms with Gasteiger partial charge in [0.25, 0.3) is 0 Å². The Morgan fingerprint density at radius 2 is 1.91 bits per heavy atom. The summed E-state index contributed by atoms with van der Waals surface area (Å²) in [4.78, 5) is 36.6. The lowest BCUT2D eigenvalue weighted by atomic mass is 10.2. The molecule has 1 saturated heterocycles. The van der Waals surface area contributed by atoms with Crippen LogP contribution in [0.2, 0.25) is 0 Å². The minimum atomic E-state index is 0.0539. The third-order valence-electron chi connectivity index (χ3n) is 3.15. The molecule has 2 aromatic rings. The molecule has 6 nitrogen and oxygen atoms in total. The topological polar surface area (TPSA) is 70.6 Å². The van der Waals surface area contributed by atoms with Gasteiger partial charge >= 0.3 is 12.2 Å². The Bertz CT molecular complexity index is 666. The highest BCUT2D eigenvalue weighted by Gasteiger charge is 2.30. The summed E-state index contributed by atoms with van der Waals surface area (Å²) in [6, 6.07) is 10.1. The zero-order valence-corrected chi connectivity index (χ0v) is 12.9. The molecule has 0 bridgehead atoms. The van der Waals surface area contributed by atoms with E-state index in [4.69, 9.17) is 9.59 Å². The Morgan fingerprint density at radius 3 is 2.50 bits per heavy atom. The number of amides is 2. The molecular weight excluding hydrogens is 302 g/mol. The van der Waals surface area contributed by atoms with E-state index >= 15 is 0 Å². The Hall–Kier alpha value is -2.50. The highest BCUT2D eigenvalue weighted by Crippen LogP contribution is 2.25. The zero-order valence-electron chi connectivity index (χ0n) is 12.1. The monoisotopic (exact) mass is 317 g/mol. The maximum atomic E-state index is 12.3. The third kappa shape index (κ3) is 3.78. The SMILES string of the molecule is Cc1csc(N2CCN(Cc3ccccc3)C2=O)n1.O=C=O. The van der Waals surface area contributed by atoms with Gasteiger partial charge in [-0.3, -0.25) is 4.90 Å². The number of anilines is 1. The minimum Gasteiger partial charge on any atom is -0.318 e. The highest BCUT2D eigenvalue weighted by molar-refractivity contribution is 7.14. The Morgan fingerprint density at radius 1 is 1.23 bits per heavy atom. The summed E-state index contributed by atoms with van der Waals surface area (Å²) >= 11 is 1.53. The summed E-state index contributed by atoms with van der Waals surface area (Å²) in [5, 5.41) is 2.78. The first-order valence-corrected chi connectivity index (χ1v) is 7.55. The lowest BCUT2D eigenvalue weighted by Gasteiger charge is -2.16. The van der Waals surface area contributed by atoms with Gasteiger partial charge in [0.15, 0.2) is 5.13 Å². The van der Waals surface area contributed by atoms with Crippen LogP contribution in [0.1, 0.15) is 11.3 Å². The largest absolute Gasteiger partial charge is 0.373 e. The number of hydrogen-bond donors (Lipinski definition) is 0. The van der Waals surface area contributed by atoms with Crippen LogP contribution in [-0.2, 0) is 16.1 Å². The van der Waals surface area contributed by atoms with Gasteiger partial charge in [-0.25, -0.2) is 9.78 Å². The van der Waals surface area contributed by atoms with Crippen LogP contribution >= 0.6 is 11.3 Å². The lowest BCUT2D eigenvalue weighted by molar-refractivity contribution is -0.191. The highest BCUT2D eigenvalue weighted by atomic mass is 32.1.